The molecular weight excluding hydrogens is 541 g/mol. The SMILES string of the molecule is O=C1c2c(c(OC(c3ccccc3)c3ccccc3)c3ncccc3c2N2CCCCC2)C(=O)N1Cc1ccc(F)cc1. The number of hydrogen-bond acceptors (Lipinski definition) is 5. The van der Waals surface area contributed by atoms with Gasteiger partial charge in [0.25, 0.3) is 11.8 Å². The second-order valence-corrected chi connectivity index (χ2v) is 11.0. The summed E-state index contributed by atoms with van der Waals surface area (Å²) in [5.41, 5.74) is 4.34. The molecule has 214 valence electrons. The van der Waals surface area contributed by atoms with Crippen molar-refractivity contribution in [2.75, 3.05) is 18.0 Å². The topological polar surface area (TPSA) is 62.7 Å². The summed E-state index contributed by atoms with van der Waals surface area (Å²) >= 11 is 0. The number of piperidine rings is 1. The molecule has 1 fully saturated rings. The molecule has 0 aliphatic carbocycles. The summed E-state index contributed by atoms with van der Waals surface area (Å²) in [6, 6.07) is 29.3. The summed E-state index contributed by atoms with van der Waals surface area (Å²) < 4.78 is 20.6. The van der Waals surface area contributed by atoms with Gasteiger partial charge in [0.15, 0.2) is 5.75 Å². The number of ether oxygens (including phenoxy) is 1. The van der Waals surface area contributed by atoms with E-state index in [0.717, 1.165) is 54.6 Å². The first-order chi connectivity index (χ1) is 21.1. The number of imide groups is 1. The number of amides is 2. The Morgan fingerprint density at radius 3 is 2.02 bits per heavy atom. The molecule has 0 radical (unpaired) electrons. The van der Waals surface area contributed by atoms with Crippen molar-refractivity contribution in [1.29, 1.82) is 0 Å². The molecule has 0 spiro atoms. The lowest BCUT2D eigenvalue weighted by Crippen LogP contribution is -2.32. The van der Waals surface area contributed by atoms with Gasteiger partial charge in [-0.05, 0) is 60.2 Å². The van der Waals surface area contributed by atoms with E-state index in [1.54, 1.807) is 18.3 Å². The van der Waals surface area contributed by atoms with E-state index in [4.69, 9.17) is 9.72 Å². The van der Waals surface area contributed by atoms with Crippen LogP contribution in [0.4, 0.5) is 10.1 Å². The van der Waals surface area contributed by atoms with E-state index in [-0.39, 0.29) is 23.8 Å². The number of anilines is 1. The standard InChI is InChI=1S/C36H30FN3O3/c37-27-18-16-24(17-19-27)23-40-35(41)29-30(36(40)42)34(31-28(15-10-20-38-31)32(29)39-21-8-3-9-22-39)43-33(25-11-4-1-5-12-25)26-13-6-2-7-14-26/h1-2,4-7,10-20,33H,3,8-9,21-23H2. The minimum Gasteiger partial charge on any atom is -0.478 e. The summed E-state index contributed by atoms with van der Waals surface area (Å²) in [6.45, 7) is 1.59. The Kier molecular flexibility index (Phi) is 7.07. The summed E-state index contributed by atoms with van der Waals surface area (Å²) in [5.74, 6) is -0.898. The Morgan fingerprint density at radius 1 is 0.744 bits per heavy atom. The van der Waals surface area contributed by atoms with Crippen LogP contribution >= 0.6 is 0 Å². The van der Waals surface area contributed by atoms with Gasteiger partial charge in [0.05, 0.1) is 23.4 Å². The number of pyridine rings is 1. The third-order valence-electron chi connectivity index (χ3n) is 8.28. The lowest BCUT2D eigenvalue weighted by Gasteiger charge is -2.32. The summed E-state index contributed by atoms with van der Waals surface area (Å²) in [7, 11) is 0. The molecule has 5 aromatic rings. The molecule has 2 amide bonds. The molecule has 0 N–H and O–H groups in total. The molecule has 1 saturated heterocycles. The van der Waals surface area contributed by atoms with Crippen molar-refractivity contribution in [3.05, 3.63) is 137 Å². The van der Waals surface area contributed by atoms with Gasteiger partial charge in [-0.2, -0.15) is 0 Å². The predicted molar refractivity (Wildman–Crippen MR) is 164 cm³/mol. The number of hydrogen-bond donors (Lipinski definition) is 0. The van der Waals surface area contributed by atoms with E-state index in [9.17, 15) is 14.0 Å². The first-order valence-corrected chi connectivity index (χ1v) is 14.7. The van der Waals surface area contributed by atoms with Crippen molar-refractivity contribution in [2.45, 2.75) is 31.9 Å². The number of halogens is 1. The maximum atomic E-state index is 14.3. The third-order valence-corrected chi connectivity index (χ3v) is 8.28. The number of carbonyl (C=O) groups is 2. The zero-order valence-corrected chi connectivity index (χ0v) is 23.6. The van der Waals surface area contributed by atoms with Gasteiger partial charge < -0.3 is 9.64 Å². The molecule has 7 heteroatoms. The molecule has 43 heavy (non-hydrogen) atoms. The number of fused-ring (bicyclic) bond motifs is 2. The summed E-state index contributed by atoms with van der Waals surface area (Å²) in [4.78, 5) is 36.9. The quantitative estimate of drug-likeness (QED) is 0.192. The van der Waals surface area contributed by atoms with Crippen LogP contribution in [0.2, 0.25) is 0 Å². The Morgan fingerprint density at radius 2 is 1.37 bits per heavy atom. The third kappa shape index (κ3) is 4.91. The highest BCUT2D eigenvalue weighted by atomic mass is 19.1. The van der Waals surface area contributed by atoms with Gasteiger partial charge in [0, 0.05) is 24.7 Å². The largest absolute Gasteiger partial charge is 0.478 e. The molecule has 2 aliphatic heterocycles. The molecule has 0 bridgehead atoms. The fraction of sp³-hybridized carbons (Fsp3) is 0.194. The minimum absolute atomic E-state index is 0.0239. The van der Waals surface area contributed by atoms with Gasteiger partial charge >= 0.3 is 0 Å². The number of benzene rings is 4. The second kappa shape index (κ2) is 11.3. The molecule has 6 nitrogen and oxygen atoms in total. The van der Waals surface area contributed by atoms with Crippen LogP contribution in [0, 0.1) is 5.82 Å². The predicted octanol–water partition coefficient (Wildman–Crippen LogP) is 7.33. The smallest absolute Gasteiger partial charge is 0.265 e. The summed E-state index contributed by atoms with van der Waals surface area (Å²) in [5, 5.41) is 0.780. The molecule has 1 aromatic heterocycles. The van der Waals surface area contributed by atoms with Crippen LogP contribution in [0.5, 0.6) is 5.75 Å². The lowest BCUT2D eigenvalue weighted by atomic mass is 9.97. The van der Waals surface area contributed by atoms with Crippen molar-refractivity contribution < 1.29 is 18.7 Å². The Labute approximate surface area is 249 Å². The van der Waals surface area contributed by atoms with Gasteiger partial charge in [0.2, 0.25) is 0 Å². The number of carbonyl (C=O) groups excluding carboxylic acids is 2. The first kappa shape index (κ1) is 26.8. The molecule has 3 heterocycles. The summed E-state index contributed by atoms with van der Waals surface area (Å²) in [6.07, 6.45) is 4.27. The highest BCUT2D eigenvalue weighted by Gasteiger charge is 2.44. The molecule has 7 rings (SSSR count). The van der Waals surface area contributed by atoms with E-state index in [2.05, 4.69) is 4.90 Å². The van der Waals surface area contributed by atoms with Gasteiger partial charge in [-0.3, -0.25) is 19.5 Å². The molecule has 4 aromatic carbocycles. The van der Waals surface area contributed by atoms with Crippen LogP contribution in [0.1, 0.15) is 62.8 Å². The highest BCUT2D eigenvalue weighted by Crippen LogP contribution is 2.47. The second-order valence-electron chi connectivity index (χ2n) is 11.0. The molecule has 0 unspecified atom stereocenters. The maximum absolute atomic E-state index is 14.3. The van der Waals surface area contributed by atoms with Crippen LogP contribution in [0.15, 0.2) is 103 Å². The molecule has 0 saturated carbocycles. The fourth-order valence-electron chi connectivity index (χ4n) is 6.22. The highest BCUT2D eigenvalue weighted by molar-refractivity contribution is 6.28. The van der Waals surface area contributed by atoms with Crippen LogP contribution < -0.4 is 9.64 Å². The van der Waals surface area contributed by atoms with E-state index < -0.39 is 12.0 Å². The van der Waals surface area contributed by atoms with Crippen LogP contribution in [-0.4, -0.2) is 34.8 Å². The van der Waals surface area contributed by atoms with Crippen molar-refractivity contribution in [3.63, 3.8) is 0 Å². The van der Waals surface area contributed by atoms with Gasteiger partial charge in [-0.1, -0.05) is 72.8 Å². The lowest BCUT2D eigenvalue weighted by molar-refractivity contribution is 0.0641. The van der Waals surface area contributed by atoms with Gasteiger partial charge in [0.1, 0.15) is 17.4 Å². The first-order valence-electron chi connectivity index (χ1n) is 14.7. The molecule has 2 aliphatic rings. The zero-order valence-electron chi connectivity index (χ0n) is 23.6. The van der Waals surface area contributed by atoms with E-state index in [0.29, 0.717) is 22.4 Å². The van der Waals surface area contributed by atoms with Crippen molar-refractivity contribution in [2.24, 2.45) is 0 Å². The average Bonchev–Trinajstić information content (AvgIpc) is 3.30. The Balaban J connectivity index is 1.44. The van der Waals surface area contributed by atoms with Crippen LogP contribution in [-0.2, 0) is 6.54 Å². The fourth-order valence-corrected chi connectivity index (χ4v) is 6.22. The van der Waals surface area contributed by atoms with Gasteiger partial charge in [-0.25, -0.2) is 4.39 Å². The van der Waals surface area contributed by atoms with E-state index >= 15 is 0 Å². The minimum atomic E-state index is -0.549. The normalized spacial score (nSPS) is 14.9. The zero-order chi connectivity index (χ0) is 29.3. The van der Waals surface area contributed by atoms with Crippen molar-refractivity contribution in [3.8, 4) is 5.75 Å². The Bertz CT molecular complexity index is 1760. The molecular formula is C36H30FN3O3. The monoisotopic (exact) mass is 571 g/mol. The maximum Gasteiger partial charge on any atom is 0.265 e. The van der Waals surface area contributed by atoms with E-state index in [1.165, 1.54) is 17.0 Å². The van der Waals surface area contributed by atoms with Crippen molar-refractivity contribution >= 4 is 28.4 Å². The van der Waals surface area contributed by atoms with Crippen molar-refractivity contribution in [1.82, 2.24) is 9.88 Å². The number of aromatic nitrogens is 1. The molecule has 0 atom stereocenters. The van der Waals surface area contributed by atoms with E-state index in [1.807, 2.05) is 72.8 Å². The van der Waals surface area contributed by atoms with Crippen LogP contribution in [0.25, 0.3) is 10.9 Å². The number of nitrogens with zero attached hydrogens (tertiary/aromatic N) is 3. The Hall–Kier alpha value is -5.04. The number of rotatable bonds is 7. The average molecular weight is 572 g/mol. The van der Waals surface area contributed by atoms with Crippen LogP contribution in [0.3, 0.4) is 0 Å². The van der Waals surface area contributed by atoms with Gasteiger partial charge in [-0.15, -0.1) is 0 Å².